The summed E-state index contributed by atoms with van der Waals surface area (Å²) in [5, 5.41) is 2.65. The fraction of sp³-hybridized carbons (Fsp3) is 0.250. The normalized spacial score (nSPS) is 14.6. The van der Waals surface area contributed by atoms with Crippen LogP contribution in [0.4, 0.5) is 43.5 Å². The summed E-state index contributed by atoms with van der Waals surface area (Å²) in [5.41, 5.74) is -1.68. The Morgan fingerprint density at radius 2 is 1.42 bits per heavy atom. The number of rotatable bonds is 4. The maximum atomic E-state index is 13.4. The van der Waals surface area contributed by atoms with Crippen LogP contribution in [0.1, 0.15) is 21.5 Å². The minimum absolute atomic E-state index is 0.0206. The minimum atomic E-state index is -4.65. The molecule has 0 bridgehead atoms. The number of nitrogens with zero attached hydrogens (tertiary/aromatic N) is 3. The number of anilines is 3. The number of alkyl halides is 6. The van der Waals surface area contributed by atoms with E-state index < -0.39 is 29.4 Å². The Balaban J connectivity index is 1.57. The highest BCUT2D eigenvalue weighted by atomic mass is 35.5. The van der Waals surface area contributed by atoms with E-state index in [9.17, 15) is 31.1 Å². The second kappa shape index (κ2) is 10.7. The van der Waals surface area contributed by atoms with E-state index in [4.69, 9.17) is 34.8 Å². The maximum Gasteiger partial charge on any atom is 0.417 e. The van der Waals surface area contributed by atoms with E-state index in [1.165, 1.54) is 24.3 Å². The maximum absolute atomic E-state index is 13.4. The van der Waals surface area contributed by atoms with Gasteiger partial charge in [0.05, 0.1) is 38.1 Å². The molecule has 0 aliphatic carbocycles. The van der Waals surface area contributed by atoms with Crippen LogP contribution < -0.4 is 15.1 Å². The number of amides is 1. The lowest BCUT2D eigenvalue weighted by Gasteiger charge is -2.38. The van der Waals surface area contributed by atoms with Crippen LogP contribution in [0.3, 0.4) is 0 Å². The standard InChI is InChI=1S/C24H17Cl3F6N4O/c25-15-2-3-16(17(26)11-15)22(38)35-19-10-13(23(28,29)30)1-4-20(19)36-5-7-37(8-6-36)21-18(27)9-14(12-34-21)24(31,32)33/h1-4,9-12H,5-8H2,(H,35,38). The van der Waals surface area contributed by atoms with Crippen molar-refractivity contribution in [3.63, 3.8) is 0 Å². The second-order valence-electron chi connectivity index (χ2n) is 8.31. The fourth-order valence-electron chi connectivity index (χ4n) is 3.93. The van der Waals surface area contributed by atoms with Gasteiger partial charge in [-0.15, -0.1) is 0 Å². The van der Waals surface area contributed by atoms with Crippen molar-refractivity contribution in [2.24, 2.45) is 0 Å². The number of benzene rings is 2. The van der Waals surface area contributed by atoms with E-state index in [-0.39, 0.29) is 58.3 Å². The van der Waals surface area contributed by atoms with Crippen LogP contribution in [-0.2, 0) is 12.4 Å². The average molecular weight is 598 g/mol. The molecule has 0 atom stereocenters. The predicted molar refractivity (Wildman–Crippen MR) is 135 cm³/mol. The topological polar surface area (TPSA) is 48.5 Å². The molecule has 38 heavy (non-hydrogen) atoms. The number of piperazine rings is 1. The van der Waals surface area contributed by atoms with Crippen molar-refractivity contribution in [1.82, 2.24) is 4.98 Å². The van der Waals surface area contributed by atoms with Crippen LogP contribution >= 0.6 is 34.8 Å². The Hall–Kier alpha value is -2.89. The van der Waals surface area contributed by atoms with Gasteiger partial charge in [0.1, 0.15) is 5.82 Å². The quantitative estimate of drug-likeness (QED) is 0.314. The molecule has 0 saturated carbocycles. The summed E-state index contributed by atoms with van der Waals surface area (Å²) in [6.07, 6.45) is -8.55. The number of nitrogens with one attached hydrogen (secondary N) is 1. The number of hydrogen-bond acceptors (Lipinski definition) is 4. The molecule has 1 N–H and O–H groups in total. The zero-order chi connectivity index (χ0) is 27.8. The molecule has 2 heterocycles. The van der Waals surface area contributed by atoms with Gasteiger partial charge in [-0.2, -0.15) is 26.3 Å². The van der Waals surface area contributed by atoms with Gasteiger partial charge >= 0.3 is 12.4 Å². The van der Waals surface area contributed by atoms with Crippen molar-refractivity contribution in [2.45, 2.75) is 12.4 Å². The largest absolute Gasteiger partial charge is 0.417 e. The molecular weight excluding hydrogens is 581 g/mol. The number of carbonyl (C=O) groups excluding carboxylic acids is 1. The first-order valence-electron chi connectivity index (χ1n) is 10.9. The summed E-state index contributed by atoms with van der Waals surface area (Å²) in [6, 6.07) is 7.90. The predicted octanol–water partition coefficient (Wildman–Crippen LogP) is 7.66. The molecule has 1 amide bonds. The van der Waals surface area contributed by atoms with Crippen molar-refractivity contribution in [3.05, 3.63) is 80.4 Å². The van der Waals surface area contributed by atoms with E-state index in [1.54, 1.807) is 9.80 Å². The van der Waals surface area contributed by atoms with Crippen molar-refractivity contribution in [3.8, 4) is 0 Å². The van der Waals surface area contributed by atoms with Crippen LogP contribution in [0.25, 0.3) is 0 Å². The Morgan fingerprint density at radius 3 is 2.00 bits per heavy atom. The first-order valence-corrected chi connectivity index (χ1v) is 12.1. The molecule has 1 saturated heterocycles. The highest BCUT2D eigenvalue weighted by molar-refractivity contribution is 6.37. The lowest BCUT2D eigenvalue weighted by atomic mass is 10.1. The number of pyridine rings is 1. The van der Waals surface area contributed by atoms with Gasteiger partial charge in [-0.05, 0) is 42.5 Å². The summed E-state index contributed by atoms with van der Waals surface area (Å²) in [7, 11) is 0. The SMILES string of the molecule is O=C(Nc1cc(C(F)(F)F)ccc1N1CCN(c2ncc(C(F)(F)F)cc2Cl)CC1)c1ccc(Cl)cc1Cl. The second-order valence-corrected chi connectivity index (χ2v) is 9.56. The average Bonchev–Trinajstić information content (AvgIpc) is 2.83. The Labute approximate surface area is 227 Å². The summed E-state index contributed by atoms with van der Waals surface area (Å²) >= 11 is 18.0. The van der Waals surface area contributed by atoms with Gasteiger partial charge in [0.15, 0.2) is 0 Å². The van der Waals surface area contributed by atoms with Gasteiger partial charge in [-0.25, -0.2) is 4.98 Å². The van der Waals surface area contributed by atoms with Crippen molar-refractivity contribution >= 4 is 57.9 Å². The van der Waals surface area contributed by atoms with Gasteiger partial charge in [0, 0.05) is 37.4 Å². The van der Waals surface area contributed by atoms with Gasteiger partial charge in [-0.1, -0.05) is 34.8 Å². The smallest absolute Gasteiger partial charge is 0.366 e. The molecule has 5 nitrogen and oxygen atoms in total. The van der Waals surface area contributed by atoms with Crippen LogP contribution in [-0.4, -0.2) is 37.1 Å². The molecule has 3 aromatic rings. The first-order chi connectivity index (χ1) is 17.7. The highest BCUT2D eigenvalue weighted by Crippen LogP contribution is 2.38. The zero-order valence-electron chi connectivity index (χ0n) is 19.1. The number of aromatic nitrogens is 1. The highest BCUT2D eigenvalue weighted by Gasteiger charge is 2.34. The third-order valence-electron chi connectivity index (χ3n) is 5.82. The van der Waals surface area contributed by atoms with E-state index in [1.807, 2.05) is 0 Å². The number of carbonyl (C=O) groups is 1. The molecule has 4 rings (SSSR count). The Morgan fingerprint density at radius 1 is 0.789 bits per heavy atom. The third-order valence-corrected chi connectivity index (χ3v) is 6.64. The Bertz CT molecular complexity index is 1360. The van der Waals surface area contributed by atoms with E-state index in [2.05, 4.69) is 10.3 Å². The molecule has 202 valence electrons. The Kier molecular flexibility index (Phi) is 7.92. The molecule has 0 spiro atoms. The molecular formula is C24H17Cl3F6N4O. The molecule has 2 aromatic carbocycles. The van der Waals surface area contributed by atoms with Crippen molar-refractivity contribution in [2.75, 3.05) is 41.3 Å². The summed E-state index contributed by atoms with van der Waals surface area (Å²) < 4.78 is 79.1. The molecule has 14 heteroatoms. The molecule has 0 unspecified atom stereocenters. The van der Waals surface area contributed by atoms with Crippen LogP contribution in [0.2, 0.25) is 15.1 Å². The van der Waals surface area contributed by atoms with Crippen molar-refractivity contribution < 1.29 is 31.1 Å². The van der Waals surface area contributed by atoms with E-state index >= 15 is 0 Å². The number of hydrogen-bond donors (Lipinski definition) is 1. The minimum Gasteiger partial charge on any atom is -0.366 e. The van der Waals surface area contributed by atoms with E-state index in [0.29, 0.717) is 11.9 Å². The fourth-order valence-corrected chi connectivity index (χ4v) is 4.71. The summed E-state index contributed by atoms with van der Waals surface area (Å²) in [6.45, 7) is 1.04. The van der Waals surface area contributed by atoms with Gasteiger partial charge in [-0.3, -0.25) is 4.79 Å². The zero-order valence-corrected chi connectivity index (χ0v) is 21.4. The summed E-state index contributed by atoms with van der Waals surface area (Å²) in [5.74, 6) is -0.566. The monoisotopic (exact) mass is 596 g/mol. The molecule has 1 aliphatic heterocycles. The van der Waals surface area contributed by atoms with E-state index in [0.717, 1.165) is 18.2 Å². The number of halogens is 9. The van der Waals surface area contributed by atoms with Gasteiger partial charge < -0.3 is 15.1 Å². The lowest BCUT2D eigenvalue weighted by Crippen LogP contribution is -2.47. The van der Waals surface area contributed by atoms with Crippen molar-refractivity contribution in [1.29, 1.82) is 0 Å². The van der Waals surface area contributed by atoms with Crippen LogP contribution in [0.5, 0.6) is 0 Å². The lowest BCUT2D eigenvalue weighted by molar-refractivity contribution is -0.138. The molecule has 1 aliphatic rings. The molecule has 1 fully saturated rings. The van der Waals surface area contributed by atoms with Crippen LogP contribution in [0.15, 0.2) is 48.7 Å². The van der Waals surface area contributed by atoms with Crippen LogP contribution in [0, 0.1) is 0 Å². The summed E-state index contributed by atoms with van der Waals surface area (Å²) in [4.78, 5) is 20.1. The third kappa shape index (κ3) is 6.22. The molecule has 1 aromatic heterocycles. The van der Waals surface area contributed by atoms with Gasteiger partial charge in [0.2, 0.25) is 0 Å². The van der Waals surface area contributed by atoms with Gasteiger partial charge in [0.25, 0.3) is 5.91 Å². The first kappa shape index (κ1) is 28.1. The molecule has 0 radical (unpaired) electrons.